The van der Waals surface area contributed by atoms with Gasteiger partial charge in [-0.1, -0.05) is 48.0 Å². The molecule has 3 aromatic rings. The molecule has 0 spiro atoms. The van der Waals surface area contributed by atoms with E-state index >= 15 is 0 Å². The van der Waals surface area contributed by atoms with Crippen LogP contribution in [0.1, 0.15) is 22.3 Å². The Labute approximate surface area is 187 Å². The lowest BCUT2D eigenvalue weighted by Gasteiger charge is -2.17. The molecule has 0 saturated carbocycles. The number of nitrogens with zero attached hydrogens (tertiary/aromatic N) is 1. The van der Waals surface area contributed by atoms with Gasteiger partial charge in [0.1, 0.15) is 12.4 Å². The molecule has 1 aliphatic rings. The number of halogens is 1. The molecule has 1 atom stereocenters. The first kappa shape index (κ1) is 21.4. The lowest BCUT2D eigenvalue weighted by Crippen LogP contribution is -2.32. The number of hydrogen-bond acceptors (Lipinski definition) is 4. The van der Waals surface area contributed by atoms with Gasteiger partial charge in [-0.05, 0) is 54.4 Å². The lowest BCUT2D eigenvalue weighted by atomic mass is 10.2. The maximum absolute atomic E-state index is 13.0. The molecule has 0 aliphatic carbocycles. The molecule has 0 bridgehead atoms. The summed E-state index contributed by atoms with van der Waals surface area (Å²) in [6, 6.07) is 22.9. The van der Waals surface area contributed by atoms with Crippen LogP contribution in [0.2, 0.25) is 5.02 Å². The maximum Gasteiger partial charge on any atom is 0.254 e. The van der Waals surface area contributed by atoms with Crippen molar-refractivity contribution in [2.75, 3.05) is 13.1 Å². The molecule has 0 N–H and O–H groups in total. The van der Waals surface area contributed by atoms with E-state index in [1.165, 1.54) is 12.1 Å². The largest absolute Gasteiger partial charge is 0.489 e. The number of likely N-dealkylation sites (tertiary alicyclic amines) is 1. The highest BCUT2D eigenvalue weighted by Gasteiger charge is 2.36. The minimum Gasteiger partial charge on any atom is -0.489 e. The minimum atomic E-state index is -3.53. The number of rotatable bonds is 6. The van der Waals surface area contributed by atoms with Crippen LogP contribution in [0.15, 0.2) is 83.8 Å². The molecule has 3 aromatic carbocycles. The van der Waals surface area contributed by atoms with Crippen LogP contribution in [0.3, 0.4) is 0 Å². The number of carbonyl (C=O) groups is 1. The number of ether oxygens (including phenoxy) is 1. The van der Waals surface area contributed by atoms with Crippen molar-refractivity contribution in [2.24, 2.45) is 0 Å². The molecule has 7 heteroatoms. The third kappa shape index (κ3) is 4.92. The average molecular weight is 456 g/mol. The summed E-state index contributed by atoms with van der Waals surface area (Å²) in [5, 5.41) is -0.147. The summed E-state index contributed by atoms with van der Waals surface area (Å²) in [5.74, 6) is 0.401. The highest BCUT2D eigenvalue weighted by molar-refractivity contribution is 7.92. The third-order valence-electron chi connectivity index (χ3n) is 5.34. The summed E-state index contributed by atoms with van der Waals surface area (Å²) in [6.07, 6.45) is 0.404. The third-order valence-corrected chi connectivity index (χ3v) is 7.79. The van der Waals surface area contributed by atoms with Gasteiger partial charge in [-0.3, -0.25) is 4.79 Å². The van der Waals surface area contributed by atoms with Crippen LogP contribution in [-0.4, -0.2) is 37.6 Å². The Bertz CT molecular complexity index is 1160. The summed E-state index contributed by atoms with van der Waals surface area (Å²) in [6.45, 7) is 0.966. The Balaban J connectivity index is 1.42. The van der Waals surface area contributed by atoms with Crippen LogP contribution in [-0.2, 0) is 16.4 Å². The van der Waals surface area contributed by atoms with E-state index in [-0.39, 0.29) is 17.3 Å². The molecule has 1 fully saturated rings. The van der Waals surface area contributed by atoms with E-state index in [9.17, 15) is 13.2 Å². The van der Waals surface area contributed by atoms with Crippen molar-refractivity contribution >= 4 is 27.3 Å². The fraction of sp³-hybridized carbons (Fsp3) is 0.208. The van der Waals surface area contributed by atoms with Gasteiger partial charge in [-0.15, -0.1) is 0 Å². The van der Waals surface area contributed by atoms with E-state index in [0.29, 0.717) is 35.9 Å². The molecular weight excluding hydrogens is 434 g/mol. The van der Waals surface area contributed by atoms with E-state index < -0.39 is 15.1 Å². The van der Waals surface area contributed by atoms with E-state index in [1.54, 1.807) is 41.3 Å². The summed E-state index contributed by atoms with van der Waals surface area (Å²) >= 11 is 5.87. The molecular formula is C24H22ClNO4S. The number of benzene rings is 3. The predicted octanol–water partition coefficient (Wildman–Crippen LogP) is 4.61. The molecule has 0 aromatic heterocycles. The molecule has 0 radical (unpaired) electrons. The summed E-state index contributed by atoms with van der Waals surface area (Å²) < 4.78 is 31.7. The van der Waals surface area contributed by atoms with Crippen LogP contribution in [0.4, 0.5) is 0 Å². The van der Waals surface area contributed by atoms with Crippen LogP contribution in [0.25, 0.3) is 0 Å². The highest BCUT2D eigenvalue weighted by Crippen LogP contribution is 2.26. The zero-order valence-corrected chi connectivity index (χ0v) is 18.4. The zero-order valence-electron chi connectivity index (χ0n) is 16.8. The van der Waals surface area contributed by atoms with Gasteiger partial charge in [0.25, 0.3) is 5.91 Å². The van der Waals surface area contributed by atoms with Crippen LogP contribution < -0.4 is 4.74 Å². The predicted molar refractivity (Wildman–Crippen MR) is 120 cm³/mol. The van der Waals surface area contributed by atoms with E-state index in [0.717, 1.165) is 5.56 Å². The Morgan fingerprint density at radius 1 is 1.00 bits per heavy atom. The molecule has 4 rings (SSSR count). The van der Waals surface area contributed by atoms with Crippen molar-refractivity contribution in [1.82, 2.24) is 4.90 Å². The van der Waals surface area contributed by atoms with Crippen molar-refractivity contribution in [2.45, 2.75) is 23.2 Å². The normalized spacial score (nSPS) is 16.3. The monoisotopic (exact) mass is 455 g/mol. The van der Waals surface area contributed by atoms with Crippen molar-refractivity contribution in [3.8, 4) is 5.75 Å². The molecule has 1 unspecified atom stereocenters. The Morgan fingerprint density at radius 3 is 2.48 bits per heavy atom. The van der Waals surface area contributed by atoms with E-state index in [1.807, 2.05) is 30.3 Å². The van der Waals surface area contributed by atoms with Crippen molar-refractivity contribution in [3.05, 3.63) is 95.0 Å². The Morgan fingerprint density at radius 2 is 1.74 bits per heavy atom. The summed E-state index contributed by atoms with van der Waals surface area (Å²) in [4.78, 5) is 14.8. The Hall–Kier alpha value is -2.83. The van der Waals surface area contributed by atoms with E-state index in [4.69, 9.17) is 16.3 Å². The second-order valence-electron chi connectivity index (χ2n) is 7.46. The second-order valence-corrected chi connectivity index (χ2v) is 10.1. The molecule has 5 nitrogen and oxygen atoms in total. The van der Waals surface area contributed by atoms with Crippen LogP contribution >= 0.6 is 11.6 Å². The van der Waals surface area contributed by atoms with Gasteiger partial charge in [0.2, 0.25) is 0 Å². The van der Waals surface area contributed by atoms with Crippen molar-refractivity contribution < 1.29 is 17.9 Å². The maximum atomic E-state index is 13.0. The smallest absolute Gasteiger partial charge is 0.254 e. The number of amides is 1. The first-order chi connectivity index (χ1) is 14.9. The van der Waals surface area contributed by atoms with Gasteiger partial charge in [0.15, 0.2) is 9.84 Å². The summed E-state index contributed by atoms with van der Waals surface area (Å²) in [5.41, 5.74) is 1.52. The zero-order chi connectivity index (χ0) is 21.8. The SMILES string of the molecule is O=C(c1cccc(OCc2ccccc2)c1)N1CCC(S(=O)(=O)c2ccc(Cl)cc2)C1. The standard InChI is InChI=1S/C24H22ClNO4S/c25-20-9-11-22(12-10-20)31(28,29)23-13-14-26(16-23)24(27)19-7-4-8-21(15-19)30-17-18-5-2-1-3-6-18/h1-12,15,23H,13-14,16-17H2. The fourth-order valence-electron chi connectivity index (χ4n) is 3.63. The lowest BCUT2D eigenvalue weighted by molar-refractivity contribution is 0.0792. The average Bonchev–Trinajstić information content (AvgIpc) is 3.30. The molecule has 1 aliphatic heterocycles. The van der Waals surface area contributed by atoms with Gasteiger partial charge in [-0.25, -0.2) is 8.42 Å². The quantitative estimate of drug-likeness (QED) is 0.544. The van der Waals surface area contributed by atoms with Crippen LogP contribution in [0.5, 0.6) is 5.75 Å². The molecule has 1 heterocycles. The summed E-state index contributed by atoms with van der Waals surface area (Å²) in [7, 11) is -3.53. The second kappa shape index (κ2) is 9.12. The topological polar surface area (TPSA) is 63.7 Å². The van der Waals surface area contributed by atoms with Gasteiger partial charge in [0, 0.05) is 23.7 Å². The minimum absolute atomic E-state index is 0.166. The Kier molecular flexibility index (Phi) is 6.30. The van der Waals surface area contributed by atoms with Gasteiger partial charge < -0.3 is 9.64 Å². The number of carbonyl (C=O) groups excluding carboxylic acids is 1. The molecule has 1 amide bonds. The highest BCUT2D eigenvalue weighted by atomic mass is 35.5. The van der Waals surface area contributed by atoms with Crippen molar-refractivity contribution in [3.63, 3.8) is 0 Å². The van der Waals surface area contributed by atoms with Gasteiger partial charge >= 0.3 is 0 Å². The van der Waals surface area contributed by atoms with Crippen LogP contribution in [0, 0.1) is 0 Å². The van der Waals surface area contributed by atoms with Gasteiger partial charge in [0.05, 0.1) is 10.1 Å². The molecule has 1 saturated heterocycles. The van der Waals surface area contributed by atoms with Crippen molar-refractivity contribution in [1.29, 1.82) is 0 Å². The molecule has 160 valence electrons. The fourth-order valence-corrected chi connectivity index (χ4v) is 5.44. The number of sulfone groups is 1. The number of hydrogen-bond donors (Lipinski definition) is 0. The van der Waals surface area contributed by atoms with E-state index in [2.05, 4.69) is 0 Å². The molecule has 31 heavy (non-hydrogen) atoms. The first-order valence-corrected chi connectivity index (χ1v) is 11.9. The first-order valence-electron chi connectivity index (χ1n) is 9.99. The van der Waals surface area contributed by atoms with Gasteiger partial charge in [-0.2, -0.15) is 0 Å².